The number of methoxy groups -OCH3 is 2. The van der Waals surface area contributed by atoms with E-state index in [1.165, 1.54) is 14.2 Å². The van der Waals surface area contributed by atoms with Gasteiger partial charge in [0.2, 0.25) is 0 Å². The van der Waals surface area contributed by atoms with E-state index in [0.29, 0.717) is 6.61 Å². The van der Waals surface area contributed by atoms with Crippen LogP contribution in [0.15, 0.2) is 0 Å². The van der Waals surface area contributed by atoms with Gasteiger partial charge in [-0.1, -0.05) is 22.6 Å². The highest BCUT2D eigenvalue weighted by Gasteiger charge is 2.49. The molecule has 5 heteroatoms. The van der Waals surface area contributed by atoms with Gasteiger partial charge < -0.3 is 14.2 Å². The van der Waals surface area contributed by atoms with Gasteiger partial charge in [-0.05, 0) is 12.8 Å². The molecule has 0 aromatic heterocycles. The molecule has 1 saturated heterocycles. The first-order valence-corrected chi connectivity index (χ1v) is 5.33. The Hall–Kier alpha value is 0.120. The van der Waals surface area contributed by atoms with Crippen molar-refractivity contribution < 1.29 is 19.0 Å². The lowest BCUT2D eigenvalue weighted by Gasteiger charge is -2.36. The Labute approximate surface area is 91.1 Å². The molecule has 0 N–H and O–H groups in total. The molecule has 13 heavy (non-hydrogen) atoms. The Morgan fingerprint density at radius 2 is 2.31 bits per heavy atom. The lowest BCUT2D eigenvalue weighted by atomic mass is 10.1. The first kappa shape index (κ1) is 11.2. The number of esters is 1. The van der Waals surface area contributed by atoms with Gasteiger partial charge in [0, 0.05) is 7.11 Å². The Morgan fingerprint density at radius 1 is 1.62 bits per heavy atom. The van der Waals surface area contributed by atoms with Gasteiger partial charge in [0.25, 0.3) is 5.79 Å². The number of alkyl halides is 1. The van der Waals surface area contributed by atoms with Gasteiger partial charge in [0.05, 0.1) is 17.6 Å². The average molecular weight is 300 g/mol. The van der Waals surface area contributed by atoms with Crippen molar-refractivity contribution in [3.05, 3.63) is 0 Å². The maximum absolute atomic E-state index is 11.5. The van der Waals surface area contributed by atoms with E-state index in [9.17, 15) is 4.79 Å². The second-order valence-electron chi connectivity index (χ2n) is 2.82. The summed E-state index contributed by atoms with van der Waals surface area (Å²) in [6.07, 6.45) is 1.86. The van der Waals surface area contributed by atoms with Gasteiger partial charge >= 0.3 is 5.97 Å². The molecule has 1 aliphatic heterocycles. The van der Waals surface area contributed by atoms with Crippen molar-refractivity contribution in [1.82, 2.24) is 0 Å². The molecule has 0 saturated carbocycles. The summed E-state index contributed by atoms with van der Waals surface area (Å²) in [6.45, 7) is 0.544. The van der Waals surface area contributed by atoms with E-state index in [1.54, 1.807) is 0 Å². The summed E-state index contributed by atoms with van der Waals surface area (Å²) in [7, 11) is 2.80. The molecule has 0 amide bonds. The number of carbonyl (C=O) groups is 1. The monoisotopic (exact) mass is 300 g/mol. The highest BCUT2D eigenvalue weighted by Crippen LogP contribution is 2.33. The van der Waals surface area contributed by atoms with Gasteiger partial charge in [0.15, 0.2) is 0 Å². The number of carbonyl (C=O) groups excluding carboxylic acids is 1. The van der Waals surface area contributed by atoms with Gasteiger partial charge in [-0.15, -0.1) is 0 Å². The van der Waals surface area contributed by atoms with Gasteiger partial charge in [-0.25, -0.2) is 4.79 Å². The van der Waals surface area contributed by atoms with Crippen molar-refractivity contribution >= 4 is 28.6 Å². The molecular formula is C8H13IO4. The second-order valence-corrected chi connectivity index (χ2v) is 4.33. The van der Waals surface area contributed by atoms with Crippen LogP contribution in [0.4, 0.5) is 0 Å². The number of halogens is 1. The van der Waals surface area contributed by atoms with Gasteiger partial charge in [-0.3, -0.25) is 0 Å². The normalized spacial score (nSPS) is 34.2. The van der Waals surface area contributed by atoms with Crippen molar-refractivity contribution in [3.8, 4) is 0 Å². The molecule has 2 atom stereocenters. The van der Waals surface area contributed by atoms with E-state index in [4.69, 9.17) is 9.47 Å². The third-order valence-corrected chi connectivity index (χ3v) is 3.55. The summed E-state index contributed by atoms with van der Waals surface area (Å²) in [5, 5.41) is 0. The number of rotatable bonds is 2. The molecule has 1 fully saturated rings. The first-order chi connectivity index (χ1) is 6.17. The van der Waals surface area contributed by atoms with Crippen LogP contribution in [0.3, 0.4) is 0 Å². The Kier molecular flexibility index (Phi) is 3.93. The molecule has 1 aliphatic rings. The third kappa shape index (κ3) is 1.97. The Balaban J connectivity index is 2.82. The topological polar surface area (TPSA) is 44.8 Å². The molecule has 0 unspecified atom stereocenters. The standard InChI is InChI=1S/C8H13IO4/c1-11-7(10)8(12-2)6(9)4-3-5-13-8/h6H,3-5H2,1-2H3/t6-,8-/m0/s1. The molecule has 4 nitrogen and oxygen atoms in total. The predicted octanol–water partition coefficient (Wildman–Crippen LogP) is 1.12. The fourth-order valence-electron chi connectivity index (χ4n) is 1.37. The van der Waals surface area contributed by atoms with Crippen LogP contribution in [0, 0.1) is 0 Å². The fraction of sp³-hybridized carbons (Fsp3) is 0.875. The zero-order chi connectivity index (χ0) is 9.90. The maximum atomic E-state index is 11.5. The molecule has 0 bridgehead atoms. The summed E-state index contributed by atoms with van der Waals surface area (Å²) in [5.41, 5.74) is 0. The van der Waals surface area contributed by atoms with E-state index < -0.39 is 11.8 Å². The van der Waals surface area contributed by atoms with E-state index >= 15 is 0 Å². The molecule has 1 rings (SSSR count). The van der Waals surface area contributed by atoms with Crippen LogP contribution >= 0.6 is 22.6 Å². The largest absolute Gasteiger partial charge is 0.465 e. The molecule has 0 aromatic rings. The molecular weight excluding hydrogens is 287 g/mol. The smallest absolute Gasteiger partial charge is 0.367 e. The third-order valence-electron chi connectivity index (χ3n) is 2.10. The zero-order valence-corrected chi connectivity index (χ0v) is 9.87. The summed E-state index contributed by atoms with van der Waals surface area (Å²) in [4.78, 5) is 11.5. The minimum atomic E-state index is -1.19. The molecule has 0 aliphatic carbocycles. The first-order valence-electron chi connectivity index (χ1n) is 4.09. The van der Waals surface area contributed by atoms with Crippen LogP contribution in [0.5, 0.6) is 0 Å². The molecule has 0 spiro atoms. The number of hydrogen-bond acceptors (Lipinski definition) is 4. The van der Waals surface area contributed by atoms with Crippen LogP contribution in [-0.2, 0) is 19.0 Å². The molecule has 1 heterocycles. The predicted molar refractivity (Wildman–Crippen MR) is 54.8 cm³/mol. The molecule has 76 valence electrons. The van der Waals surface area contributed by atoms with Crippen molar-refractivity contribution in [3.63, 3.8) is 0 Å². The highest BCUT2D eigenvalue weighted by molar-refractivity contribution is 14.1. The van der Waals surface area contributed by atoms with Crippen LogP contribution in [0.2, 0.25) is 0 Å². The minimum Gasteiger partial charge on any atom is -0.465 e. The van der Waals surface area contributed by atoms with E-state index in [-0.39, 0.29) is 3.92 Å². The lowest BCUT2D eigenvalue weighted by molar-refractivity contribution is -0.244. The number of hydrogen-bond donors (Lipinski definition) is 0. The summed E-state index contributed by atoms with van der Waals surface area (Å²) in [6, 6.07) is 0. The molecule has 0 radical (unpaired) electrons. The summed E-state index contributed by atoms with van der Waals surface area (Å²) < 4.78 is 15.2. The minimum absolute atomic E-state index is 0.0105. The van der Waals surface area contributed by atoms with Crippen LogP contribution in [-0.4, -0.2) is 36.5 Å². The van der Waals surface area contributed by atoms with Crippen molar-refractivity contribution in [2.75, 3.05) is 20.8 Å². The SMILES string of the molecule is COC(=O)[C@@]1(OC)OCCC[C@@H]1I. The van der Waals surface area contributed by atoms with Gasteiger partial charge in [0.1, 0.15) is 0 Å². The van der Waals surface area contributed by atoms with Crippen molar-refractivity contribution in [2.24, 2.45) is 0 Å². The zero-order valence-electron chi connectivity index (χ0n) is 7.71. The van der Waals surface area contributed by atoms with Crippen molar-refractivity contribution in [1.29, 1.82) is 0 Å². The fourth-order valence-corrected chi connectivity index (χ4v) is 2.49. The van der Waals surface area contributed by atoms with E-state index in [0.717, 1.165) is 12.8 Å². The number of ether oxygens (including phenoxy) is 3. The Morgan fingerprint density at radius 3 is 2.77 bits per heavy atom. The highest BCUT2D eigenvalue weighted by atomic mass is 127. The average Bonchev–Trinajstić information content (AvgIpc) is 2.18. The lowest BCUT2D eigenvalue weighted by Crippen LogP contribution is -2.54. The van der Waals surface area contributed by atoms with Crippen molar-refractivity contribution in [2.45, 2.75) is 22.6 Å². The van der Waals surface area contributed by atoms with Crippen LogP contribution in [0.1, 0.15) is 12.8 Å². The maximum Gasteiger partial charge on any atom is 0.367 e. The Bertz CT molecular complexity index is 197. The summed E-state index contributed by atoms with van der Waals surface area (Å²) in [5.74, 6) is -1.64. The van der Waals surface area contributed by atoms with Crippen LogP contribution < -0.4 is 0 Å². The second kappa shape index (κ2) is 4.56. The molecule has 0 aromatic carbocycles. The van der Waals surface area contributed by atoms with Crippen LogP contribution in [0.25, 0.3) is 0 Å². The quantitative estimate of drug-likeness (QED) is 0.435. The van der Waals surface area contributed by atoms with Gasteiger partial charge in [-0.2, -0.15) is 0 Å². The van der Waals surface area contributed by atoms with E-state index in [1.807, 2.05) is 0 Å². The summed E-state index contributed by atoms with van der Waals surface area (Å²) >= 11 is 2.16. The van der Waals surface area contributed by atoms with E-state index in [2.05, 4.69) is 27.3 Å².